The van der Waals surface area contributed by atoms with Crippen LogP contribution in [0.5, 0.6) is 0 Å². The Morgan fingerprint density at radius 2 is 1.58 bits per heavy atom. The number of benzene rings is 4. The molecule has 4 aromatic heterocycles. The van der Waals surface area contributed by atoms with E-state index >= 15 is 0 Å². The van der Waals surface area contributed by atoms with Crippen LogP contribution in [0.1, 0.15) is 0 Å². The minimum atomic E-state index is -1.98. The van der Waals surface area contributed by atoms with Crippen molar-refractivity contribution in [3.63, 3.8) is 0 Å². The molecule has 0 atom stereocenters. The Kier molecular flexibility index (Phi) is 8.77. The molecule has 4 heterocycles. The summed E-state index contributed by atoms with van der Waals surface area (Å²) >= 11 is -1.98. The van der Waals surface area contributed by atoms with Crippen LogP contribution >= 0.6 is 0 Å². The van der Waals surface area contributed by atoms with Crippen molar-refractivity contribution in [2.75, 3.05) is 0 Å². The molecule has 0 N–H and O–H groups in total. The summed E-state index contributed by atoms with van der Waals surface area (Å²) in [6.07, 6.45) is 3.48. The quantitative estimate of drug-likeness (QED) is 0.132. The van der Waals surface area contributed by atoms with Gasteiger partial charge in [-0.15, -0.1) is 35.9 Å². The maximum absolute atomic E-state index is 6.47. The number of nitrogens with zero attached hydrogens (tertiary/aromatic N) is 5. The fourth-order valence-corrected chi connectivity index (χ4v) is 7.70. The van der Waals surface area contributed by atoms with Crippen molar-refractivity contribution in [3.8, 4) is 28.3 Å². The van der Waals surface area contributed by atoms with Crippen LogP contribution in [0, 0.1) is 12.1 Å². The second-order valence-electron chi connectivity index (χ2n) is 11.5. The first-order chi connectivity index (χ1) is 21.5. The number of aromatic nitrogens is 5. The molecule has 8 aromatic rings. The molecule has 0 bridgehead atoms. The van der Waals surface area contributed by atoms with E-state index in [0.29, 0.717) is 5.65 Å². The van der Waals surface area contributed by atoms with E-state index in [1.807, 2.05) is 72.8 Å². The Morgan fingerprint density at radius 1 is 0.756 bits per heavy atom. The monoisotopic (exact) mass is 826 g/mol. The Morgan fingerprint density at radius 3 is 2.33 bits per heavy atom. The van der Waals surface area contributed by atoms with Crippen molar-refractivity contribution in [2.24, 2.45) is 0 Å². The maximum atomic E-state index is 6.47. The molecular formula is C37H29GeIrN5O-2. The largest absolute Gasteiger partial charge is 0.305 e. The average molecular weight is 825 g/mol. The summed E-state index contributed by atoms with van der Waals surface area (Å²) in [5.74, 6) is 7.93. The van der Waals surface area contributed by atoms with Gasteiger partial charge in [0, 0.05) is 26.3 Å². The van der Waals surface area contributed by atoms with Crippen LogP contribution in [0.3, 0.4) is 0 Å². The smallest absolute Gasteiger partial charge is 0.0160 e. The summed E-state index contributed by atoms with van der Waals surface area (Å²) in [5.41, 5.74) is 7.03. The van der Waals surface area contributed by atoms with Gasteiger partial charge >= 0.3 is 188 Å². The second-order valence-corrected chi connectivity index (χ2v) is 22.1. The van der Waals surface area contributed by atoms with E-state index in [2.05, 4.69) is 85.5 Å². The zero-order chi connectivity index (χ0) is 30.1. The predicted molar refractivity (Wildman–Crippen MR) is 180 cm³/mol. The van der Waals surface area contributed by atoms with Gasteiger partial charge in [-0.1, -0.05) is 12.1 Å². The third kappa shape index (κ3) is 6.12. The Hall–Kier alpha value is -4.43. The van der Waals surface area contributed by atoms with E-state index in [1.165, 1.54) is 4.40 Å². The number of para-hydroxylation sites is 1. The number of imidazole rings is 1. The van der Waals surface area contributed by atoms with Gasteiger partial charge in [-0.3, -0.25) is 0 Å². The van der Waals surface area contributed by atoms with Crippen molar-refractivity contribution in [1.29, 1.82) is 0 Å². The van der Waals surface area contributed by atoms with Gasteiger partial charge in [0.05, 0.1) is 0 Å². The molecule has 0 saturated carbocycles. The Labute approximate surface area is 277 Å². The molecular weight excluding hydrogens is 795 g/mol. The molecule has 223 valence electrons. The Balaban J connectivity index is 0.000000231. The molecule has 0 aliphatic rings. The van der Waals surface area contributed by atoms with E-state index < -0.39 is 13.3 Å². The van der Waals surface area contributed by atoms with E-state index in [0.717, 1.165) is 55.8 Å². The molecule has 45 heavy (non-hydrogen) atoms. The van der Waals surface area contributed by atoms with Crippen LogP contribution in [0.4, 0.5) is 0 Å². The van der Waals surface area contributed by atoms with Crippen molar-refractivity contribution < 1.29 is 24.5 Å². The number of hydrogen-bond donors (Lipinski definition) is 0. The molecule has 0 unspecified atom stereocenters. The summed E-state index contributed by atoms with van der Waals surface area (Å²) in [6, 6.07) is 43.0. The number of hydrogen-bond acceptors (Lipinski definition) is 5. The number of rotatable bonds is 4. The number of furan rings is 1. The van der Waals surface area contributed by atoms with Gasteiger partial charge in [-0.05, 0) is 11.8 Å². The molecule has 0 aliphatic heterocycles. The van der Waals surface area contributed by atoms with Crippen molar-refractivity contribution in [2.45, 2.75) is 17.3 Å². The van der Waals surface area contributed by atoms with E-state index in [-0.39, 0.29) is 20.1 Å². The molecule has 8 rings (SSSR count). The molecule has 4 aromatic carbocycles. The number of fused-ring (bicyclic) bond motifs is 4. The average Bonchev–Trinajstić information content (AvgIpc) is 3.64. The summed E-state index contributed by atoms with van der Waals surface area (Å²) in [6.45, 7) is 0. The van der Waals surface area contributed by atoms with Crippen molar-refractivity contribution in [3.05, 3.63) is 134 Å². The SMILES string of the molecule is [CH3][Ge]([CH3])([CH3])[c]1ccc2c(c1)oc1c(-c3nc4nnccc4n3-c3ccccc3)[c-]ccc12.[Ir].[c-]1ccccc1-c1ccccn1. The first kappa shape index (κ1) is 30.6. The molecule has 0 amide bonds. The van der Waals surface area contributed by atoms with Crippen molar-refractivity contribution >= 4 is 50.8 Å². The molecule has 0 fully saturated rings. The normalized spacial score (nSPS) is 11.3. The first-order valence-electron chi connectivity index (χ1n) is 14.5. The van der Waals surface area contributed by atoms with E-state index in [1.54, 1.807) is 12.4 Å². The van der Waals surface area contributed by atoms with Gasteiger partial charge < -0.3 is 4.98 Å². The molecule has 8 heteroatoms. The summed E-state index contributed by atoms with van der Waals surface area (Å²) in [7, 11) is 0. The van der Waals surface area contributed by atoms with Gasteiger partial charge in [0.1, 0.15) is 0 Å². The van der Waals surface area contributed by atoms with Gasteiger partial charge in [0.2, 0.25) is 0 Å². The van der Waals surface area contributed by atoms with Crippen LogP contribution in [-0.2, 0) is 20.1 Å². The first-order valence-corrected chi connectivity index (χ1v) is 21.8. The second kappa shape index (κ2) is 12.9. The minimum Gasteiger partial charge on any atom is -0.305 e. The van der Waals surface area contributed by atoms with E-state index in [4.69, 9.17) is 9.40 Å². The van der Waals surface area contributed by atoms with Gasteiger partial charge in [0.25, 0.3) is 0 Å². The number of pyridine rings is 1. The third-order valence-corrected chi connectivity index (χ3v) is 11.8. The van der Waals surface area contributed by atoms with Crippen LogP contribution in [0.2, 0.25) is 17.3 Å². The van der Waals surface area contributed by atoms with Crippen molar-refractivity contribution in [1.82, 2.24) is 24.7 Å². The predicted octanol–water partition coefficient (Wildman–Crippen LogP) is 8.27. The van der Waals surface area contributed by atoms with Gasteiger partial charge in [-0.2, -0.15) is 0 Å². The fourth-order valence-electron chi connectivity index (χ4n) is 5.29. The molecule has 1 radical (unpaired) electrons. The Bertz CT molecular complexity index is 2170. The minimum absolute atomic E-state index is 0. The maximum Gasteiger partial charge on any atom is 0.0160 e. The summed E-state index contributed by atoms with van der Waals surface area (Å²) < 4.78 is 9.99. The van der Waals surface area contributed by atoms with Crippen LogP contribution in [0.15, 0.2) is 126 Å². The van der Waals surface area contributed by atoms with Crippen LogP contribution in [-0.4, -0.2) is 38.0 Å². The van der Waals surface area contributed by atoms with Gasteiger partial charge in [-0.25, -0.2) is 0 Å². The van der Waals surface area contributed by atoms with Crippen LogP contribution in [0.25, 0.3) is 61.4 Å². The molecule has 6 nitrogen and oxygen atoms in total. The van der Waals surface area contributed by atoms with Crippen LogP contribution < -0.4 is 4.40 Å². The fraction of sp³-hybridized carbons (Fsp3) is 0.0811. The topological polar surface area (TPSA) is 69.6 Å². The summed E-state index contributed by atoms with van der Waals surface area (Å²) in [4.78, 5) is 9.06. The third-order valence-electron chi connectivity index (χ3n) is 7.53. The van der Waals surface area contributed by atoms with Gasteiger partial charge in [0.15, 0.2) is 0 Å². The standard InChI is InChI=1S/C26H21GeN4O.C11H8N.Ir/c1-27(2,3)17-12-13-19-20-10-7-11-21(24(20)32-23(19)16-17)26-29-25-22(14-15-28-30-25)31(26)18-8-5-4-6-9-18;1-2-6-10(7-3-1)11-8-4-5-9-12-11;/h4-10,12-16H,1-3H3;1-6,8-9H;/q2*-1;. The summed E-state index contributed by atoms with van der Waals surface area (Å²) in [5, 5.41) is 10.5. The zero-order valence-electron chi connectivity index (χ0n) is 25.0. The molecule has 0 aliphatic carbocycles. The van der Waals surface area contributed by atoms with E-state index in [9.17, 15) is 0 Å². The molecule has 0 spiro atoms. The molecule has 0 saturated heterocycles. The zero-order valence-corrected chi connectivity index (χ0v) is 29.5.